The molecule has 0 aromatic heterocycles. The molecule has 5 nitrogen and oxygen atoms in total. The highest BCUT2D eigenvalue weighted by Crippen LogP contribution is 2.32. The summed E-state index contributed by atoms with van der Waals surface area (Å²) in [4.78, 5) is 14.4. The largest absolute Gasteiger partial charge is 0.308 e. The maximum Gasteiger partial charge on any atom is 0.261 e. The van der Waals surface area contributed by atoms with E-state index in [2.05, 4.69) is 4.72 Å². The highest BCUT2D eigenvalue weighted by molar-refractivity contribution is 7.92. The standard InChI is InChI=1S/C21H17FN2O3S/c22-17-6-9-19(10-7-17)28(26,27)23-18-8-11-20-16(14-18)12-13-24(20)21(25)15-4-2-1-3-5-15/h1-11,14,23H,12-13H2. The maximum atomic E-state index is 13.0. The van der Waals surface area contributed by atoms with E-state index in [9.17, 15) is 17.6 Å². The first kappa shape index (κ1) is 18.2. The molecule has 28 heavy (non-hydrogen) atoms. The molecule has 7 heteroatoms. The minimum atomic E-state index is -3.82. The molecule has 0 atom stereocenters. The van der Waals surface area contributed by atoms with E-state index >= 15 is 0 Å². The van der Waals surface area contributed by atoms with Crippen LogP contribution in [-0.2, 0) is 16.4 Å². The highest BCUT2D eigenvalue weighted by atomic mass is 32.2. The number of halogens is 1. The summed E-state index contributed by atoms with van der Waals surface area (Å²) >= 11 is 0. The van der Waals surface area contributed by atoms with Gasteiger partial charge in [0.2, 0.25) is 0 Å². The van der Waals surface area contributed by atoms with Gasteiger partial charge in [0.25, 0.3) is 15.9 Å². The fourth-order valence-corrected chi connectivity index (χ4v) is 4.29. The number of fused-ring (bicyclic) bond motifs is 1. The number of hydrogen-bond acceptors (Lipinski definition) is 3. The van der Waals surface area contributed by atoms with Gasteiger partial charge in [-0.25, -0.2) is 12.8 Å². The predicted octanol–water partition coefficient (Wildman–Crippen LogP) is 3.83. The minimum absolute atomic E-state index is 0.0183. The number of anilines is 2. The summed E-state index contributed by atoms with van der Waals surface area (Å²) in [5.41, 5.74) is 2.68. The summed E-state index contributed by atoms with van der Waals surface area (Å²) in [6.45, 7) is 0.539. The lowest BCUT2D eigenvalue weighted by molar-refractivity contribution is 0.0989. The fourth-order valence-electron chi connectivity index (χ4n) is 3.24. The molecule has 0 fully saturated rings. The molecule has 0 saturated carbocycles. The molecule has 3 aromatic carbocycles. The molecule has 1 aliphatic heterocycles. The summed E-state index contributed by atoms with van der Waals surface area (Å²) in [6.07, 6.45) is 0.639. The SMILES string of the molecule is O=C(c1ccccc1)N1CCc2cc(NS(=O)(=O)c3ccc(F)cc3)ccc21. The Morgan fingerprint density at radius 1 is 0.964 bits per heavy atom. The number of benzene rings is 3. The van der Waals surface area contributed by atoms with Crippen molar-refractivity contribution >= 4 is 27.3 Å². The van der Waals surface area contributed by atoms with Crippen LogP contribution in [0.4, 0.5) is 15.8 Å². The summed E-state index contributed by atoms with van der Waals surface area (Å²) in [5.74, 6) is -0.585. The predicted molar refractivity (Wildman–Crippen MR) is 105 cm³/mol. The highest BCUT2D eigenvalue weighted by Gasteiger charge is 2.26. The van der Waals surface area contributed by atoms with Crippen molar-refractivity contribution in [1.82, 2.24) is 0 Å². The number of nitrogens with one attached hydrogen (secondary N) is 1. The number of rotatable bonds is 4. The van der Waals surface area contributed by atoms with Gasteiger partial charge in [0.1, 0.15) is 5.82 Å². The van der Waals surface area contributed by atoms with Crippen LogP contribution in [0.25, 0.3) is 0 Å². The summed E-state index contributed by atoms with van der Waals surface area (Å²) in [7, 11) is -3.82. The Kier molecular flexibility index (Phi) is 4.60. The van der Waals surface area contributed by atoms with E-state index in [1.54, 1.807) is 35.2 Å². The van der Waals surface area contributed by atoms with E-state index in [-0.39, 0.29) is 10.8 Å². The van der Waals surface area contributed by atoms with Gasteiger partial charge in [-0.15, -0.1) is 0 Å². The third-order valence-electron chi connectivity index (χ3n) is 4.62. The van der Waals surface area contributed by atoms with Gasteiger partial charge in [-0.2, -0.15) is 0 Å². The molecule has 1 amide bonds. The Labute approximate surface area is 162 Å². The number of sulfonamides is 1. The molecule has 0 unspecified atom stereocenters. The van der Waals surface area contributed by atoms with Crippen molar-refractivity contribution in [3.8, 4) is 0 Å². The zero-order chi connectivity index (χ0) is 19.7. The average Bonchev–Trinajstić information content (AvgIpc) is 3.11. The van der Waals surface area contributed by atoms with Crippen LogP contribution in [0.5, 0.6) is 0 Å². The molecule has 0 radical (unpaired) electrons. The van der Waals surface area contributed by atoms with Crippen molar-refractivity contribution < 1.29 is 17.6 Å². The molecule has 0 bridgehead atoms. The van der Waals surface area contributed by atoms with Crippen molar-refractivity contribution in [2.24, 2.45) is 0 Å². The quantitative estimate of drug-likeness (QED) is 0.729. The summed E-state index contributed by atoms with van der Waals surface area (Å²) < 4.78 is 40.5. The monoisotopic (exact) mass is 396 g/mol. The normalized spacial score (nSPS) is 13.2. The topological polar surface area (TPSA) is 66.5 Å². The van der Waals surface area contributed by atoms with Crippen LogP contribution in [0, 0.1) is 5.82 Å². The summed E-state index contributed by atoms with van der Waals surface area (Å²) in [5, 5.41) is 0. The Bertz CT molecular complexity index is 1130. The van der Waals surface area contributed by atoms with Crippen LogP contribution in [0.1, 0.15) is 15.9 Å². The van der Waals surface area contributed by atoms with Crippen LogP contribution in [0.3, 0.4) is 0 Å². The molecule has 1 aliphatic rings. The number of amides is 1. The minimum Gasteiger partial charge on any atom is -0.308 e. The fraction of sp³-hybridized carbons (Fsp3) is 0.0952. The van der Waals surface area contributed by atoms with Gasteiger partial charge in [-0.1, -0.05) is 18.2 Å². The van der Waals surface area contributed by atoms with Crippen LogP contribution in [0.15, 0.2) is 77.7 Å². The number of hydrogen-bond donors (Lipinski definition) is 1. The molecular weight excluding hydrogens is 379 g/mol. The van der Waals surface area contributed by atoms with E-state index in [1.165, 1.54) is 12.1 Å². The van der Waals surface area contributed by atoms with Crippen molar-refractivity contribution in [2.75, 3.05) is 16.2 Å². The van der Waals surface area contributed by atoms with E-state index in [1.807, 2.05) is 18.2 Å². The van der Waals surface area contributed by atoms with E-state index in [4.69, 9.17) is 0 Å². The number of carbonyl (C=O) groups is 1. The second kappa shape index (κ2) is 7.09. The Morgan fingerprint density at radius 3 is 2.39 bits per heavy atom. The number of nitrogens with zero attached hydrogens (tertiary/aromatic N) is 1. The van der Waals surface area contributed by atoms with Crippen LogP contribution in [-0.4, -0.2) is 20.9 Å². The van der Waals surface area contributed by atoms with Crippen LogP contribution >= 0.6 is 0 Å². The molecule has 0 spiro atoms. The van der Waals surface area contributed by atoms with Gasteiger partial charge in [0.15, 0.2) is 0 Å². The lowest BCUT2D eigenvalue weighted by atomic mass is 10.1. The van der Waals surface area contributed by atoms with Gasteiger partial charge in [0.05, 0.1) is 4.90 Å². The molecular formula is C21H17FN2O3S. The van der Waals surface area contributed by atoms with Gasteiger partial charge >= 0.3 is 0 Å². The Morgan fingerprint density at radius 2 is 1.68 bits per heavy atom. The van der Waals surface area contributed by atoms with E-state index in [0.29, 0.717) is 24.2 Å². The molecule has 1 heterocycles. The number of carbonyl (C=O) groups excluding carboxylic acids is 1. The van der Waals surface area contributed by atoms with Gasteiger partial charge in [-0.3, -0.25) is 9.52 Å². The van der Waals surface area contributed by atoms with E-state index in [0.717, 1.165) is 23.4 Å². The zero-order valence-corrected chi connectivity index (χ0v) is 15.6. The first-order valence-corrected chi connectivity index (χ1v) is 10.2. The average molecular weight is 396 g/mol. The maximum absolute atomic E-state index is 13.0. The zero-order valence-electron chi connectivity index (χ0n) is 14.8. The first-order chi connectivity index (χ1) is 13.4. The Hall–Kier alpha value is -3.19. The van der Waals surface area contributed by atoms with Crippen molar-refractivity contribution in [3.05, 3.63) is 89.7 Å². The lowest BCUT2D eigenvalue weighted by Crippen LogP contribution is -2.28. The van der Waals surface area contributed by atoms with Crippen LogP contribution < -0.4 is 9.62 Å². The van der Waals surface area contributed by atoms with Crippen LogP contribution in [0.2, 0.25) is 0 Å². The third-order valence-corrected chi connectivity index (χ3v) is 6.01. The van der Waals surface area contributed by atoms with Crippen molar-refractivity contribution in [2.45, 2.75) is 11.3 Å². The molecule has 0 aliphatic carbocycles. The second-order valence-electron chi connectivity index (χ2n) is 6.48. The van der Waals surface area contributed by atoms with Gasteiger partial charge < -0.3 is 4.90 Å². The van der Waals surface area contributed by atoms with Gasteiger partial charge in [0, 0.05) is 23.5 Å². The lowest BCUT2D eigenvalue weighted by Gasteiger charge is -2.18. The molecule has 0 saturated heterocycles. The Balaban J connectivity index is 1.57. The van der Waals surface area contributed by atoms with Crippen molar-refractivity contribution in [3.63, 3.8) is 0 Å². The molecule has 4 rings (SSSR count). The van der Waals surface area contributed by atoms with Crippen molar-refractivity contribution in [1.29, 1.82) is 0 Å². The second-order valence-corrected chi connectivity index (χ2v) is 8.16. The van der Waals surface area contributed by atoms with E-state index < -0.39 is 15.8 Å². The summed E-state index contributed by atoms with van der Waals surface area (Å²) in [6, 6.07) is 18.8. The molecule has 3 aromatic rings. The third kappa shape index (κ3) is 3.48. The van der Waals surface area contributed by atoms with Gasteiger partial charge in [-0.05, 0) is 66.6 Å². The molecule has 1 N–H and O–H groups in total. The smallest absolute Gasteiger partial charge is 0.261 e. The first-order valence-electron chi connectivity index (χ1n) is 8.72. The molecule has 142 valence electrons.